The van der Waals surface area contributed by atoms with Crippen LogP contribution in [0.4, 0.5) is 9.59 Å². The highest BCUT2D eigenvalue weighted by Crippen LogP contribution is 2.55. The van der Waals surface area contributed by atoms with Crippen molar-refractivity contribution < 1.29 is 29.0 Å². The van der Waals surface area contributed by atoms with Crippen LogP contribution in [0.2, 0.25) is 0 Å². The van der Waals surface area contributed by atoms with Crippen LogP contribution in [-0.4, -0.2) is 102 Å². The fourth-order valence-electron chi connectivity index (χ4n) is 9.83. The molecule has 0 bridgehead atoms. The predicted molar refractivity (Wildman–Crippen MR) is 224 cm³/mol. The Hall–Kier alpha value is -6.36. The molecule has 0 unspecified atom stereocenters. The summed E-state index contributed by atoms with van der Waals surface area (Å²) in [6, 6.07) is 14.5. The first-order valence-electron chi connectivity index (χ1n) is 20.8. The highest BCUT2D eigenvalue weighted by Gasteiger charge is 2.57. The molecule has 0 spiro atoms. The van der Waals surface area contributed by atoms with E-state index in [4.69, 9.17) is 9.72 Å². The van der Waals surface area contributed by atoms with E-state index in [1.807, 2.05) is 74.0 Å². The van der Waals surface area contributed by atoms with Gasteiger partial charge in [-0.25, -0.2) is 19.6 Å². The Morgan fingerprint density at radius 1 is 0.850 bits per heavy atom. The molecule has 3 aromatic carbocycles. The molecule has 4 amide bonds. The number of nitrogens with one attached hydrogen (secondary N) is 3. The number of likely N-dealkylation sites (N-methyl/N-ethyl adjacent to an activating group) is 1. The molecule has 4 N–H and O–H groups in total. The number of amides is 4. The summed E-state index contributed by atoms with van der Waals surface area (Å²) in [5.74, 6) is 7.65. The summed E-state index contributed by atoms with van der Waals surface area (Å²) in [4.78, 5) is 73.3. The number of alkyl carbamates (subject to hydrolysis) is 1. The quantitative estimate of drug-likeness (QED) is 0.117. The van der Waals surface area contributed by atoms with Gasteiger partial charge >= 0.3 is 12.2 Å². The Bertz CT molecular complexity index is 2590. The summed E-state index contributed by atoms with van der Waals surface area (Å²) in [5, 5.41) is 14.5. The number of imidazole rings is 2. The SMILES string of the molecule is COC(=O)N[C@H](C(=O)N1[C@@H]2C[C@@H]2C[C@H]1c1cc2nc[nH]c2c2ccc(C#Cc3ccc(-c4c[nH]c([C@@H]5C[C@H]6C[C@H]6N5C(=O)[C@H](C(C)C)N(C)C(=O)O)n4)cc3)cc12)C(C)C. The van der Waals surface area contributed by atoms with Crippen molar-refractivity contribution in [1.82, 2.24) is 40.0 Å². The summed E-state index contributed by atoms with van der Waals surface area (Å²) in [6.45, 7) is 7.61. The number of benzene rings is 3. The van der Waals surface area contributed by atoms with Crippen molar-refractivity contribution in [2.24, 2.45) is 23.7 Å². The number of likely N-dealkylation sites (tertiary alicyclic amines) is 2. The summed E-state index contributed by atoms with van der Waals surface area (Å²) in [5.41, 5.74) is 6.10. The number of piperidine rings is 2. The second kappa shape index (κ2) is 15.0. The highest BCUT2D eigenvalue weighted by molar-refractivity contribution is 6.06. The molecule has 2 aliphatic heterocycles. The van der Waals surface area contributed by atoms with Gasteiger partial charge in [0.2, 0.25) is 11.8 Å². The van der Waals surface area contributed by atoms with Gasteiger partial charge < -0.3 is 34.9 Å². The van der Waals surface area contributed by atoms with Crippen molar-refractivity contribution in [3.05, 3.63) is 83.6 Å². The van der Waals surface area contributed by atoms with E-state index >= 15 is 0 Å². The van der Waals surface area contributed by atoms with Crippen molar-refractivity contribution in [3.8, 4) is 23.1 Å². The molecular weight excluding hydrogens is 761 g/mol. The van der Waals surface area contributed by atoms with Gasteiger partial charge in [-0.3, -0.25) is 14.5 Å². The highest BCUT2D eigenvalue weighted by atomic mass is 16.5. The minimum Gasteiger partial charge on any atom is -0.465 e. The minimum atomic E-state index is -1.12. The van der Waals surface area contributed by atoms with E-state index in [-0.39, 0.29) is 47.8 Å². The van der Waals surface area contributed by atoms with Gasteiger partial charge in [-0.2, -0.15) is 0 Å². The zero-order valence-corrected chi connectivity index (χ0v) is 34.6. The number of aromatic amines is 2. The molecule has 0 radical (unpaired) electrons. The van der Waals surface area contributed by atoms with Gasteiger partial charge in [-0.1, -0.05) is 57.7 Å². The third-order valence-corrected chi connectivity index (χ3v) is 13.1. The standard InChI is InChI=1S/C46H50N8O6/c1-23(2)39(51-45(57)60-6)43(55)53-35-16-28(35)18-37(53)32-20-33-40(49-22-48-33)30-14-11-26(15-31(30)32)8-7-25-9-12-27(13-10-25)34-21-47-42(50-34)38-19-29-17-36(29)54(38)44(56)41(24(3)4)52(5)46(58)59/h9-15,20-24,28-29,35-39,41H,16-19H2,1-6H3,(H,47,50)(H,48,49)(H,51,57)(H,58,59)/t28-,29-,35-,36-,37+,38+,39+,41+/m1/s1. The predicted octanol–water partition coefficient (Wildman–Crippen LogP) is 6.84. The van der Waals surface area contributed by atoms with Crippen molar-refractivity contribution in [2.75, 3.05) is 14.2 Å². The Kier molecular flexibility index (Phi) is 9.80. The van der Waals surface area contributed by atoms with E-state index < -0.39 is 24.3 Å². The number of carbonyl (C=O) groups excluding carboxylic acids is 3. The van der Waals surface area contributed by atoms with Gasteiger partial charge in [-0.15, -0.1) is 0 Å². The number of carbonyl (C=O) groups is 4. The third-order valence-electron chi connectivity index (χ3n) is 13.1. The number of nitrogens with zero attached hydrogens (tertiary/aromatic N) is 5. The smallest absolute Gasteiger partial charge is 0.407 e. The van der Waals surface area contributed by atoms with Gasteiger partial charge in [0.05, 0.1) is 42.2 Å². The molecule has 8 atom stereocenters. The lowest BCUT2D eigenvalue weighted by Gasteiger charge is -2.35. The maximum absolute atomic E-state index is 14.2. The lowest BCUT2D eigenvalue weighted by atomic mass is 9.92. The van der Waals surface area contributed by atoms with Crippen LogP contribution in [0.1, 0.15) is 88.0 Å². The zero-order valence-electron chi connectivity index (χ0n) is 34.6. The average molecular weight is 811 g/mol. The summed E-state index contributed by atoms with van der Waals surface area (Å²) in [7, 11) is 2.77. The van der Waals surface area contributed by atoms with E-state index in [1.165, 1.54) is 14.2 Å². The molecule has 4 fully saturated rings. The van der Waals surface area contributed by atoms with Crippen molar-refractivity contribution >= 4 is 45.8 Å². The molecule has 2 aromatic heterocycles. The molecule has 310 valence electrons. The molecular formula is C46H50N8O6. The van der Waals surface area contributed by atoms with Crippen LogP contribution in [0.25, 0.3) is 33.1 Å². The van der Waals surface area contributed by atoms with Crippen LogP contribution >= 0.6 is 0 Å². The Labute approximate surface area is 348 Å². The normalized spacial score (nSPS) is 23.5. The molecule has 4 heterocycles. The number of ether oxygens (including phenoxy) is 1. The van der Waals surface area contributed by atoms with E-state index in [0.717, 1.165) is 80.3 Å². The van der Waals surface area contributed by atoms with Gasteiger partial charge in [0.15, 0.2) is 0 Å². The zero-order chi connectivity index (χ0) is 42.1. The van der Waals surface area contributed by atoms with Gasteiger partial charge in [0.1, 0.15) is 17.9 Å². The third kappa shape index (κ3) is 6.89. The van der Waals surface area contributed by atoms with Gasteiger partial charge in [-0.05, 0) is 90.6 Å². The monoisotopic (exact) mass is 810 g/mol. The first-order valence-corrected chi connectivity index (χ1v) is 20.8. The lowest BCUT2D eigenvalue weighted by molar-refractivity contribution is -0.140. The number of H-pyrrole nitrogens is 2. The molecule has 9 rings (SSSR count). The first-order chi connectivity index (χ1) is 28.8. The maximum atomic E-state index is 14.2. The van der Waals surface area contributed by atoms with E-state index in [2.05, 4.69) is 50.3 Å². The Morgan fingerprint density at radius 3 is 2.18 bits per heavy atom. The second-order valence-electron chi connectivity index (χ2n) is 17.6. The number of hydrogen-bond acceptors (Lipinski definition) is 7. The van der Waals surface area contributed by atoms with Crippen LogP contribution in [0.3, 0.4) is 0 Å². The summed E-state index contributed by atoms with van der Waals surface area (Å²) >= 11 is 0. The molecule has 4 aliphatic rings. The number of fused-ring (bicyclic) bond motifs is 5. The van der Waals surface area contributed by atoms with Gasteiger partial charge in [0.25, 0.3) is 0 Å². The summed E-state index contributed by atoms with van der Waals surface area (Å²) < 4.78 is 4.86. The van der Waals surface area contributed by atoms with Crippen LogP contribution in [0.5, 0.6) is 0 Å². The fourth-order valence-corrected chi connectivity index (χ4v) is 9.83. The van der Waals surface area contributed by atoms with Crippen molar-refractivity contribution in [3.63, 3.8) is 0 Å². The molecule has 2 saturated carbocycles. The van der Waals surface area contributed by atoms with Crippen LogP contribution in [0.15, 0.2) is 61.1 Å². The number of hydrogen-bond donors (Lipinski definition) is 4. The van der Waals surface area contributed by atoms with Crippen LogP contribution in [0, 0.1) is 35.5 Å². The van der Waals surface area contributed by atoms with Gasteiger partial charge in [0, 0.05) is 47.4 Å². The summed E-state index contributed by atoms with van der Waals surface area (Å²) in [6.07, 6.45) is 5.34. The molecule has 14 nitrogen and oxygen atoms in total. The minimum absolute atomic E-state index is 0.0982. The lowest BCUT2D eigenvalue weighted by Crippen LogP contribution is -2.52. The maximum Gasteiger partial charge on any atom is 0.407 e. The number of rotatable bonds is 9. The molecule has 60 heavy (non-hydrogen) atoms. The molecule has 2 saturated heterocycles. The second-order valence-corrected chi connectivity index (χ2v) is 17.6. The van der Waals surface area contributed by atoms with Crippen molar-refractivity contribution in [2.45, 2.75) is 89.6 Å². The fraction of sp³-hybridized carbons (Fsp3) is 0.435. The number of methoxy groups -OCH3 is 1. The van der Waals surface area contributed by atoms with Crippen LogP contribution in [-0.2, 0) is 14.3 Å². The van der Waals surface area contributed by atoms with E-state index in [9.17, 15) is 24.3 Å². The molecule has 14 heteroatoms. The first kappa shape index (κ1) is 39.1. The number of aromatic nitrogens is 4. The van der Waals surface area contributed by atoms with Crippen LogP contribution < -0.4 is 5.32 Å². The van der Waals surface area contributed by atoms with E-state index in [0.29, 0.717) is 17.7 Å². The number of carboxylic acid groups (broad SMARTS) is 1. The van der Waals surface area contributed by atoms with E-state index in [1.54, 1.807) is 6.33 Å². The molecule has 2 aliphatic carbocycles. The average Bonchev–Trinajstić information content (AvgIpc) is 3.82. The Balaban J connectivity index is 0.959. The van der Waals surface area contributed by atoms with Crippen molar-refractivity contribution in [1.29, 1.82) is 0 Å². The topological polar surface area (TPSA) is 177 Å². The molecule has 5 aromatic rings. The largest absolute Gasteiger partial charge is 0.465 e. The Morgan fingerprint density at radius 2 is 1.52 bits per heavy atom.